The third-order valence-corrected chi connectivity index (χ3v) is 17.6. The highest BCUT2D eigenvalue weighted by molar-refractivity contribution is 5.80. The first-order valence-corrected chi connectivity index (χ1v) is 36.4. The molecule has 9 atom stereocenters. The van der Waals surface area contributed by atoms with Crippen molar-refractivity contribution in [3.8, 4) is 0 Å². The molecule has 11 heteroatoms. The molecule has 0 aromatic heterocycles. The number of ether oxygens (including phenoxy) is 2. The Bertz CT molecular complexity index is 1460. The fourth-order valence-corrected chi connectivity index (χ4v) is 11.8. The van der Waals surface area contributed by atoms with Crippen LogP contribution in [0.2, 0.25) is 0 Å². The lowest BCUT2D eigenvalue weighted by atomic mass is 9.98. The van der Waals surface area contributed by atoms with Crippen LogP contribution in [-0.2, 0) is 14.3 Å². The number of aliphatic hydroxyl groups is 7. The summed E-state index contributed by atoms with van der Waals surface area (Å²) in [6.45, 7) is 3.49. The van der Waals surface area contributed by atoms with Gasteiger partial charge in [-0.25, -0.2) is 0 Å². The molecule has 0 saturated carbocycles. The van der Waals surface area contributed by atoms with Gasteiger partial charge in [-0.2, -0.15) is 0 Å². The van der Waals surface area contributed by atoms with Crippen LogP contribution in [0.4, 0.5) is 0 Å². The molecule has 8 N–H and O–H groups in total. The molecule has 1 aliphatic rings. The molecule has 9 unspecified atom stereocenters. The minimum Gasteiger partial charge on any atom is -0.394 e. The molecule has 11 nitrogen and oxygen atoms in total. The standard InChI is InChI=1S/C73H139NO10/c1-3-5-7-9-11-13-15-17-19-21-23-25-27-29-31-32-33-34-35-37-39-41-43-45-47-49-51-53-55-57-59-61-66(77)72(82)74-64(63-83-73-71(81)70(80)69(79)67(62-75)84-73)68(78)65(76)60-58-56-54-52-50-48-46-44-42-40-38-36-30-28-26-24-22-20-18-16-14-12-10-8-6-4-2/h29,31,44,46,52,54,64-71,73,75-81H,3-28,30,32-43,45,47-51,53,55-63H2,1-2H3,(H,74,82)/b31-29-,46-44+,54-52+. The third kappa shape index (κ3) is 48.3. The van der Waals surface area contributed by atoms with E-state index in [9.17, 15) is 40.5 Å². The molecule has 0 spiro atoms. The second-order valence-electron chi connectivity index (χ2n) is 25.6. The van der Waals surface area contributed by atoms with Crippen molar-refractivity contribution in [3.05, 3.63) is 36.5 Å². The molecular formula is C73H139NO10. The van der Waals surface area contributed by atoms with Crippen LogP contribution < -0.4 is 5.32 Å². The summed E-state index contributed by atoms with van der Waals surface area (Å²) in [5.41, 5.74) is 0. The zero-order chi connectivity index (χ0) is 61.0. The van der Waals surface area contributed by atoms with Crippen LogP contribution in [0.25, 0.3) is 0 Å². The highest BCUT2D eigenvalue weighted by Crippen LogP contribution is 2.24. The second kappa shape index (κ2) is 61.6. The monoisotopic (exact) mass is 1190 g/mol. The highest BCUT2D eigenvalue weighted by Gasteiger charge is 2.44. The molecule has 1 aliphatic heterocycles. The maximum atomic E-state index is 13.3. The summed E-state index contributed by atoms with van der Waals surface area (Å²) in [4.78, 5) is 13.3. The quantitative estimate of drug-likeness (QED) is 0.0215. The van der Waals surface area contributed by atoms with Crippen LogP contribution in [0.15, 0.2) is 36.5 Å². The first-order chi connectivity index (χ1) is 41.2. The van der Waals surface area contributed by atoms with E-state index in [0.29, 0.717) is 19.3 Å². The van der Waals surface area contributed by atoms with Crippen molar-refractivity contribution in [2.45, 2.75) is 409 Å². The Morgan fingerprint density at radius 1 is 0.405 bits per heavy atom. The van der Waals surface area contributed by atoms with Crippen molar-refractivity contribution in [1.82, 2.24) is 5.32 Å². The molecule has 0 radical (unpaired) electrons. The number of rotatable bonds is 64. The van der Waals surface area contributed by atoms with Gasteiger partial charge in [0.15, 0.2) is 6.29 Å². The normalized spacial score (nSPS) is 19.1. The zero-order valence-corrected chi connectivity index (χ0v) is 54.9. The lowest BCUT2D eigenvalue weighted by Crippen LogP contribution is -2.60. The molecule has 1 heterocycles. The van der Waals surface area contributed by atoms with Gasteiger partial charge in [-0.1, -0.05) is 314 Å². The molecular weight excluding hydrogens is 1050 g/mol. The van der Waals surface area contributed by atoms with Crippen molar-refractivity contribution in [2.75, 3.05) is 13.2 Å². The number of aliphatic hydroxyl groups excluding tert-OH is 7. The van der Waals surface area contributed by atoms with Gasteiger partial charge in [0, 0.05) is 0 Å². The van der Waals surface area contributed by atoms with Gasteiger partial charge in [0.1, 0.15) is 36.6 Å². The number of carbonyl (C=O) groups excluding carboxylic acids is 1. The van der Waals surface area contributed by atoms with Crippen molar-refractivity contribution < 1.29 is 50.0 Å². The van der Waals surface area contributed by atoms with E-state index in [4.69, 9.17) is 9.47 Å². The lowest BCUT2D eigenvalue weighted by molar-refractivity contribution is -0.303. The van der Waals surface area contributed by atoms with Gasteiger partial charge in [0.2, 0.25) is 5.91 Å². The topological polar surface area (TPSA) is 189 Å². The predicted octanol–water partition coefficient (Wildman–Crippen LogP) is 17.8. The molecule has 1 saturated heterocycles. The maximum absolute atomic E-state index is 13.3. The minimum absolute atomic E-state index is 0.248. The first-order valence-electron chi connectivity index (χ1n) is 36.4. The fourth-order valence-electron chi connectivity index (χ4n) is 11.8. The van der Waals surface area contributed by atoms with Crippen LogP contribution in [0.1, 0.15) is 354 Å². The third-order valence-electron chi connectivity index (χ3n) is 17.6. The fraction of sp³-hybridized carbons (Fsp3) is 0.904. The summed E-state index contributed by atoms with van der Waals surface area (Å²) in [7, 11) is 0. The Morgan fingerprint density at radius 3 is 1.06 bits per heavy atom. The molecule has 0 aliphatic carbocycles. The number of carbonyl (C=O) groups is 1. The van der Waals surface area contributed by atoms with Crippen LogP contribution in [-0.4, -0.2) is 110 Å². The Balaban J connectivity index is 2.20. The van der Waals surface area contributed by atoms with E-state index >= 15 is 0 Å². The molecule has 84 heavy (non-hydrogen) atoms. The molecule has 0 aromatic rings. The minimum atomic E-state index is -1.67. The van der Waals surface area contributed by atoms with E-state index in [0.717, 1.165) is 38.5 Å². The van der Waals surface area contributed by atoms with E-state index < -0.39 is 74.2 Å². The summed E-state index contributed by atoms with van der Waals surface area (Å²) in [5, 5.41) is 76.5. The summed E-state index contributed by atoms with van der Waals surface area (Å²) < 4.78 is 11.2. The van der Waals surface area contributed by atoms with E-state index in [1.807, 2.05) is 0 Å². The highest BCUT2D eigenvalue weighted by atomic mass is 16.7. The van der Waals surface area contributed by atoms with Gasteiger partial charge in [0.05, 0.1) is 25.4 Å². The average molecular weight is 1190 g/mol. The van der Waals surface area contributed by atoms with Crippen molar-refractivity contribution >= 4 is 5.91 Å². The number of allylic oxidation sites excluding steroid dienone is 6. The van der Waals surface area contributed by atoms with Crippen molar-refractivity contribution in [1.29, 1.82) is 0 Å². The molecule has 1 amide bonds. The number of amides is 1. The number of unbranched alkanes of at least 4 members (excludes halogenated alkanes) is 46. The molecule has 1 rings (SSSR count). The molecule has 496 valence electrons. The average Bonchev–Trinajstić information content (AvgIpc) is 3.66. The summed E-state index contributed by atoms with van der Waals surface area (Å²) in [5.74, 6) is -0.705. The Hall–Kier alpha value is -1.67. The van der Waals surface area contributed by atoms with Crippen LogP contribution >= 0.6 is 0 Å². The van der Waals surface area contributed by atoms with Gasteiger partial charge < -0.3 is 50.5 Å². The first kappa shape index (κ1) is 80.3. The van der Waals surface area contributed by atoms with Gasteiger partial charge >= 0.3 is 0 Å². The predicted molar refractivity (Wildman–Crippen MR) is 353 cm³/mol. The molecule has 1 fully saturated rings. The van der Waals surface area contributed by atoms with E-state index in [2.05, 4.69) is 55.6 Å². The van der Waals surface area contributed by atoms with Crippen molar-refractivity contribution in [2.24, 2.45) is 0 Å². The number of hydrogen-bond donors (Lipinski definition) is 8. The van der Waals surface area contributed by atoms with E-state index in [1.165, 1.54) is 270 Å². The largest absolute Gasteiger partial charge is 0.394 e. The SMILES string of the molecule is CCCCCCCCCCCCCC/C=C\CCCCCCCCCCCCCCCCCC(O)C(=O)NC(COC1OC(CO)C(O)C(O)C1O)C(O)C(O)CCC/C=C/CC/C=C/CCCCCCCCCCCCCCCCCCC. The van der Waals surface area contributed by atoms with Gasteiger partial charge in [-0.05, 0) is 77.0 Å². The summed E-state index contributed by atoms with van der Waals surface area (Å²) >= 11 is 0. The van der Waals surface area contributed by atoms with Crippen LogP contribution in [0.5, 0.6) is 0 Å². The zero-order valence-electron chi connectivity index (χ0n) is 54.9. The lowest BCUT2D eigenvalue weighted by Gasteiger charge is -2.40. The van der Waals surface area contributed by atoms with Crippen LogP contribution in [0, 0.1) is 0 Å². The second-order valence-corrected chi connectivity index (χ2v) is 25.6. The van der Waals surface area contributed by atoms with E-state index in [-0.39, 0.29) is 12.8 Å². The molecule has 0 aromatic carbocycles. The van der Waals surface area contributed by atoms with Gasteiger partial charge in [0.25, 0.3) is 0 Å². The number of nitrogens with one attached hydrogen (secondary N) is 1. The van der Waals surface area contributed by atoms with Crippen LogP contribution in [0.3, 0.4) is 0 Å². The Kier molecular flexibility index (Phi) is 58.9. The Morgan fingerprint density at radius 2 is 0.714 bits per heavy atom. The van der Waals surface area contributed by atoms with E-state index in [1.54, 1.807) is 0 Å². The smallest absolute Gasteiger partial charge is 0.249 e. The van der Waals surface area contributed by atoms with Crippen molar-refractivity contribution in [3.63, 3.8) is 0 Å². The maximum Gasteiger partial charge on any atom is 0.249 e. The number of hydrogen-bond acceptors (Lipinski definition) is 10. The van der Waals surface area contributed by atoms with Gasteiger partial charge in [-0.3, -0.25) is 4.79 Å². The summed E-state index contributed by atoms with van der Waals surface area (Å²) in [6, 6.07) is -1.19. The molecule has 0 bridgehead atoms. The van der Waals surface area contributed by atoms with Gasteiger partial charge in [-0.15, -0.1) is 0 Å². The Labute approximate surface area is 517 Å². The summed E-state index contributed by atoms with van der Waals surface area (Å²) in [6.07, 6.45) is 68.1.